The smallest absolute Gasteiger partial charge is 0.422 e. The fourth-order valence-electron chi connectivity index (χ4n) is 2.24. The maximum Gasteiger partial charge on any atom is 0.422 e. The summed E-state index contributed by atoms with van der Waals surface area (Å²) < 4.78 is 46.4. The van der Waals surface area contributed by atoms with Gasteiger partial charge in [-0.05, 0) is 24.7 Å². The highest BCUT2D eigenvalue weighted by molar-refractivity contribution is 5.27. The van der Waals surface area contributed by atoms with Crippen LogP contribution in [0.25, 0.3) is 0 Å². The summed E-state index contributed by atoms with van der Waals surface area (Å²) in [5, 5.41) is 3.30. The van der Waals surface area contributed by atoms with E-state index in [9.17, 15) is 13.2 Å². The van der Waals surface area contributed by atoms with Gasteiger partial charge in [0.15, 0.2) is 6.61 Å². The Morgan fingerprint density at radius 3 is 2.68 bits per heavy atom. The van der Waals surface area contributed by atoms with E-state index in [2.05, 4.69) is 22.0 Å². The van der Waals surface area contributed by atoms with E-state index < -0.39 is 12.8 Å². The quantitative estimate of drug-likeness (QED) is 0.870. The van der Waals surface area contributed by atoms with E-state index in [4.69, 9.17) is 4.74 Å². The normalized spacial score (nSPS) is 20.1. The first kappa shape index (κ1) is 17.1. The molecule has 1 heterocycles. The zero-order valence-electron chi connectivity index (χ0n) is 12.5. The number of likely N-dealkylation sites (N-methyl/N-ethyl adjacent to an activating group) is 1. The Bertz CT molecular complexity index is 451. The number of nitrogens with one attached hydrogen (secondary N) is 1. The summed E-state index contributed by atoms with van der Waals surface area (Å²) in [7, 11) is 2.06. The number of hydrogen-bond donors (Lipinski definition) is 1. The van der Waals surface area contributed by atoms with Crippen LogP contribution in [-0.4, -0.2) is 57.1 Å². The van der Waals surface area contributed by atoms with Crippen molar-refractivity contribution in [3.05, 3.63) is 29.8 Å². The second kappa shape index (κ2) is 7.80. The molecule has 0 aliphatic carbocycles. The van der Waals surface area contributed by atoms with Crippen molar-refractivity contribution in [3.63, 3.8) is 0 Å². The molecule has 1 aliphatic heterocycles. The lowest BCUT2D eigenvalue weighted by Gasteiger charge is -2.30. The molecule has 4 nitrogen and oxygen atoms in total. The van der Waals surface area contributed by atoms with E-state index in [1.165, 1.54) is 0 Å². The van der Waals surface area contributed by atoms with E-state index in [-0.39, 0.29) is 11.9 Å². The molecule has 7 heteroatoms. The van der Waals surface area contributed by atoms with Crippen LogP contribution < -0.4 is 10.1 Å². The Balaban J connectivity index is 1.70. The topological polar surface area (TPSA) is 33.7 Å². The van der Waals surface area contributed by atoms with E-state index in [0.717, 1.165) is 31.8 Å². The van der Waals surface area contributed by atoms with Gasteiger partial charge in [-0.1, -0.05) is 12.1 Å². The molecule has 124 valence electrons. The average molecular weight is 318 g/mol. The van der Waals surface area contributed by atoms with Crippen molar-refractivity contribution in [2.24, 2.45) is 0 Å². The van der Waals surface area contributed by atoms with Crippen molar-refractivity contribution in [1.82, 2.24) is 10.2 Å². The number of alkyl halides is 3. The second-order valence-corrected chi connectivity index (χ2v) is 5.43. The monoisotopic (exact) mass is 318 g/mol. The molecule has 0 saturated carbocycles. The molecule has 0 bridgehead atoms. The van der Waals surface area contributed by atoms with Crippen LogP contribution in [0.1, 0.15) is 5.56 Å². The van der Waals surface area contributed by atoms with E-state index in [1.54, 1.807) is 24.3 Å². The molecular weight excluding hydrogens is 297 g/mol. The van der Waals surface area contributed by atoms with Gasteiger partial charge in [0.2, 0.25) is 0 Å². The zero-order chi connectivity index (χ0) is 16.0. The van der Waals surface area contributed by atoms with E-state index >= 15 is 0 Å². The predicted octanol–water partition coefficient (Wildman–Crippen LogP) is 2.05. The fourth-order valence-corrected chi connectivity index (χ4v) is 2.24. The number of ether oxygens (including phenoxy) is 2. The Hall–Kier alpha value is -1.31. The van der Waals surface area contributed by atoms with E-state index in [1.807, 2.05) is 0 Å². The fraction of sp³-hybridized carbons (Fsp3) is 0.600. The van der Waals surface area contributed by atoms with Crippen molar-refractivity contribution < 1.29 is 22.6 Å². The lowest BCUT2D eigenvalue weighted by molar-refractivity contribution is -0.153. The van der Waals surface area contributed by atoms with Crippen molar-refractivity contribution in [1.29, 1.82) is 0 Å². The molecule has 2 rings (SSSR count). The van der Waals surface area contributed by atoms with Crippen molar-refractivity contribution in [3.8, 4) is 5.75 Å². The summed E-state index contributed by atoms with van der Waals surface area (Å²) in [5.41, 5.74) is 0.989. The van der Waals surface area contributed by atoms with Crippen LogP contribution in [0, 0.1) is 0 Å². The second-order valence-electron chi connectivity index (χ2n) is 5.43. The average Bonchev–Trinajstić information content (AvgIpc) is 2.46. The molecule has 0 aromatic heterocycles. The van der Waals surface area contributed by atoms with Gasteiger partial charge in [-0.3, -0.25) is 0 Å². The molecule has 1 N–H and O–H groups in total. The highest BCUT2D eigenvalue weighted by Gasteiger charge is 2.28. The molecule has 1 unspecified atom stereocenters. The van der Waals surface area contributed by atoms with Gasteiger partial charge in [0.05, 0.1) is 12.7 Å². The lowest BCUT2D eigenvalue weighted by Crippen LogP contribution is -2.44. The third-order valence-electron chi connectivity index (χ3n) is 3.37. The third kappa shape index (κ3) is 6.21. The number of halogens is 3. The molecule has 1 aliphatic rings. The van der Waals surface area contributed by atoms with Gasteiger partial charge < -0.3 is 19.7 Å². The Morgan fingerprint density at radius 2 is 2.05 bits per heavy atom. The van der Waals surface area contributed by atoms with Gasteiger partial charge in [0.25, 0.3) is 0 Å². The maximum atomic E-state index is 12.0. The van der Waals surface area contributed by atoms with Crippen LogP contribution in [0.2, 0.25) is 0 Å². The molecular formula is C15H21F3N2O2. The first-order valence-electron chi connectivity index (χ1n) is 7.22. The number of hydrogen-bond acceptors (Lipinski definition) is 4. The molecule has 1 aromatic rings. The third-order valence-corrected chi connectivity index (χ3v) is 3.37. The van der Waals surface area contributed by atoms with Crippen LogP contribution in [0.3, 0.4) is 0 Å². The molecule has 0 spiro atoms. The molecule has 0 radical (unpaired) electrons. The summed E-state index contributed by atoms with van der Waals surface area (Å²) in [6, 6.07) is 6.61. The zero-order valence-corrected chi connectivity index (χ0v) is 12.5. The summed E-state index contributed by atoms with van der Waals surface area (Å²) in [5.74, 6) is 0.221. The lowest BCUT2D eigenvalue weighted by atomic mass is 10.2. The first-order chi connectivity index (χ1) is 10.4. The van der Waals surface area contributed by atoms with E-state index in [0.29, 0.717) is 6.54 Å². The van der Waals surface area contributed by atoms with Crippen molar-refractivity contribution in [2.45, 2.75) is 18.8 Å². The maximum absolute atomic E-state index is 12.0. The van der Waals surface area contributed by atoms with Crippen LogP contribution in [-0.2, 0) is 11.3 Å². The molecule has 22 heavy (non-hydrogen) atoms. The molecule has 0 amide bonds. The summed E-state index contributed by atoms with van der Waals surface area (Å²) >= 11 is 0. The minimum absolute atomic E-state index is 0.174. The Labute approximate surface area is 128 Å². The molecule has 1 fully saturated rings. The summed E-state index contributed by atoms with van der Waals surface area (Å²) in [6.07, 6.45) is -4.14. The largest absolute Gasteiger partial charge is 0.484 e. The van der Waals surface area contributed by atoms with Crippen molar-refractivity contribution >= 4 is 0 Å². The van der Waals surface area contributed by atoms with Crippen LogP contribution >= 0.6 is 0 Å². The summed E-state index contributed by atoms with van der Waals surface area (Å²) in [4.78, 5) is 2.22. The van der Waals surface area contributed by atoms with Crippen LogP contribution in [0.5, 0.6) is 5.75 Å². The first-order valence-corrected chi connectivity index (χ1v) is 7.22. The number of nitrogens with zero attached hydrogens (tertiary/aromatic N) is 1. The predicted molar refractivity (Wildman–Crippen MR) is 76.9 cm³/mol. The molecule has 1 atom stereocenters. The number of rotatable bonds is 6. The van der Waals surface area contributed by atoms with Crippen LogP contribution in [0.4, 0.5) is 13.2 Å². The highest BCUT2D eigenvalue weighted by Crippen LogP contribution is 2.18. The minimum atomic E-state index is -4.31. The number of morpholine rings is 1. The van der Waals surface area contributed by atoms with Crippen LogP contribution in [0.15, 0.2) is 24.3 Å². The van der Waals surface area contributed by atoms with Gasteiger partial charge in [-0.2, -0.15) is 13.2 Å². The number of benzene rings is 1. The SMILES string of the molecule is CN1CCOC(CNCc2ccc(OCC(F)(F)F)cc2)C1. The highest BCUT2D eigenvalue weighted by atomic mass is 19.4. The summed E-state index contributed by atoms with van der Waals surface area (Å²) in [6.45, 7) is 2.72. The van der Waals surface area contributed by atoms with Gasteiger partial charge >= 0.3 is 6.18 Å². The standard InChI is InChI=1S/C15H21F3N2O2/c1-20-6-7-21-14(10-20)9-19-8-12-2-4-13(5-3-12)22-11-15(16,17)18/h2-5,14,19H,6-11H2,1H3. The van der Waals surface area contributed by atoms with Gasteiger partial charge in [-0.25, -0.2) is 0 Å². The molecule has 1 saturated heterocycles. The van der Waals surface area contributed by atoms with Gasteiger partial charge in [0, 0.05) is 26.2 Å². The minimum Gasteiger partial charge on any atom is -0.484 e. The Kier molecular flexibility index (Phi) is 6.05. The molecule has 1 aromatic carbocycles. The Morgan fingerprint density at radius 1 is 1.32 bits per heavy atom. The van der Waals surface area contributed by atoms with Crippen molar-refractivity contribution in [2.75, 3.05) is 39.9 Å². The van der Waals surface area contributed by atoms with Gasteiger partial charge in [-0.15, -0.1) is 0 Å². The van der Waals surface area contributed by atoms with Gasteiger partial charge in [0.1, 0.15) is 5.75 Å².